The molecule has 52 heavy (non-hydrogen) atoms. The summed E-state index contributed by atoms with van der Waals surface area (Å²) >= 11 is 1.20. The number of sulfonamides is 1. The van der Waals surface area contributed by atoms with E-state index in [1.165, 1.54) is 15.6 Å². The monoisotopic (exact) mass is 741 g/mol. The average molecular weight is 742 g/mol. The number of thiophene rings is 1. The van der Waals surface area contributed by atoms with Gasteiger partial charge in [0.25, 0.3) is 10.0 Å². The number of rotatable bonds is 11. The fraction of sp³-hybridized carbons (Fsp3) is 0.512. The topological polar surface area (TPSA) is 104 Å². The van der Waals surface area contributed by atoms with Crippen molar-refractivity contribution < 1.29 is 28.2 Å². The summed E-state index contributed by atoms with van der Waals surface area (Å²) < 4.78 is 35.3. The number of carbonyl (C=O) groups excluding carboxylic acids is 1. The van der Waals surface area contributed by atoms with Gasteiger partial charge in [0.1, 0.15) is 4.21 Å². The third-order valence-electron chi connectivity index (χ3n) is 14.5. The summed E-state index contributed by atoms with van der Waals surface area (Å²) in [6, 6.07) is 21.3. The van der Waals surface area contributed by atoms with Crippen LogP contribution in [0.4, 0.5) is 0 Å². The van der Waals surface area contributed by atoms with Crippen molar-refractivity contribution >= 4 is 27.1 Å². The SMILES string of the molecule is COCCCN(C[C@]1(O)CC[C@H]2[C@]34C=C[C@@]5(C=C3C(=O)c3ccccc3-c3ccccc3)CC(O)CC[C@]5(C)[C@H]4CC[C@@]21C)S(=O)(=O)c1cccs1. The van der Waals surface area contributed by atoms with E-state index in [1.807, 2.05) is 54.6 Å². The molecule has 0 saturated heterocycles. The van der Waals surface area contributed by atoms with Crippen LogP contribution in [0.3, 0.4) is 0 Å². The van der Waals surface area contributed by atoms with Crippen molar-refractivity contribution in [1.29, 1.82) is 0 Å². The zero-order valence-corrected chi connectivity index (χ0v) is 32.1. The van der Waals surface area contributed by atoms with Crippen LogP contribution >= 0.6 is 11.3 Å². The highest BCUT2D eigenvalue weighted by molar-refractivity contribution is 7.91. The van der Waals surface area contributed by atoms with Crippen molar-refractivity contribution in [2.45, 2.75) is 81.1 Å². The van der Waals surface area contributed by atoms with Gasteiger partial charge in [0, 0.05) is 54.2 Å². The Balaban J connectivity index is 1.24. The van der Waals surface area contributed by atoms with Crippen LogP contribution in [0.1, 0.15) is 75.6 Å². The lowest BCUT2D eigenvalue weighted by molar-refractivity contribution is -0.173. The van der Waals surface area contributed by atoms with Gasteiger partial charge in [-0.3, -0.25) is 4.79 Å². The Labute approximate surface area is 312 Å². The minimum Gasteiger partial charge on any atom is -0.393 e. The number of benzene rings is 2. The summed E-state index contributed by atoms with van der Waals surface area (Å²) in [5.74, 6) is 0.0567. The molecule has 2 spiro atoms. The van der Waals surface area contributed by atoms with Gasteiger partial charge in [0.05, 0.1) is 11.7 Å². The minimum absolute atomic E-state index is 0.00829. The molecule has 2 aromatic carbocycles. The number of ether oxygens (including phenoxy) is 1. The first-order valence-corrected chi connectivity index (χ1v) is 21.2. The van der Waals surface area contributed by atoms with E-state index in [4.69, 9.17) is 4.74 Å². The quantitative estimate of drug-likeness (QED) is 0.118. The number of carbonyl (C=O) groups is 1. The highest BCUT2D eigenvalue weighted by atomic mass is 32.2. The molecule has 0 amide bonds. The fourth-order valence-corrected chi connectivity index (χ4v) is 14.5. The van der Waals surface area contributed by atoms with E-state index in [0.717, 1.165) is 42.4 Å². The first kappa shape index (κ1) is 36.1. The van der Waals surface area contributed by atoms with Gasteiger partial charge in [-0.05, 0) is 91.2 Å². The number of allylic oxidation sites excluding steroid dienone is 4. The predicted molar refractivity (Wildman–Crippen MR) is 204 cm³/mol. The van der Waals surface area contributed by atoms with E-state index in [2.05, 4.69) is 32.1 Å². The van der Waals surface area contributed by atoms with Crippen LogP contribution in [-0.2, 0) is 14.8 Å². The second-order valence-corrected chi connectivity index (χ2v) is 19.8. The number of methoxy groups -OCH3 is 1. The van der Waals surface area contributed by atoms with Crippen molar-refractivity contribution in [3.05, 3.63) is 101 Å². The van der Waals surface area contributed by atoms with Gasteiger partial charge >= 0.3 is 0 Å². The van der Waals surface area contributed by atoms with Crippen molar-refractivity contribution in [2.75, 3.05) is 26.8 Å². The molecule has 2 bridgehead atoms. The first-order valence-electron chi connectivity index (χ1n) is 18.9. The molecule has 6 aliphatic carbocycles. The van der Waals surface area contributed by atoms with Crippen LogP contribution in [0.5, 0.6) is 0 Å². The van der Waals surface area contributed by atoms with Gasteiger partial charge < -0.3 is 14.9 Å². The Bertz CT molecular complexity index is 2010. The molecular weight excluding hydrogens is 691 g/mol. The Hall–Kier alpha value is -2.92. The molecule has 2 N–H and O–H groups in total. The molecule has 1 heterocycles. The second-order valence-electron chi connectivity index (χ2n) is 16.7. The molecule has 9 rings (SSSR count). The normalized spacial score (nSPS) is 36.3. The van der Waals surface area contributed by atoms with Crippen molar-refractivity contribution in [3.8, 4) is 11.1 Å². The molecular formula is C43H51NO6S2. The first-order chi connectivity index (χ1) is 24.9. The van der Waals surface area contributed by atoms with Crippen LogP contribution in [0, 0.1) is 33.5 Å². The molecule has 1 aromatic heterocycles. The summed E-state index contributed by atoms with van der Waals surface area (Å²) in [7, 11) is -2.24. The fourth-order valence-electron chi connectivity index (χ4n) is 11.8. The number of fused-ring (bicyclic) bond motifs is 1. The summed E-state index contributed by atoms with van der Waals surface area (Å²) in [6.07, 6.45) is 11.8. The summed E-state index contributed by atoms with van der Waals surface area (Å²) in [6.45, 7) is 5.20. The van der Waals surface area contributed by atoms with Gasteiger partial charge in [0.15, 0.2) is 5.78 Å². The number of hydrogen-bond acceptors (Lipinski definition) is 7. The average Bonchev–Trinajstić information content (AvgIpc) is 3.79. The van der Waals surface area contributed by atoms with Gasteiger partial charge in [-0.25, -0.2) is 8.42 Å². The number of hydrogen-bond donors (Lipinski definition) is 2. The maximum atomic E-state index is 15.4. The van der Waals surface area contributed by atoms with Crippen molar-refractivity contribution in [1.82, 2.24) is 4.31 Å². The molecule has 1 unspecified atom stereocenters. The molecule has 3 saturated carbocycles. The van der Waals surface area contributed by atoms with Crippen LogP contribution in [0.25, 0.3) is 11.1 Å². The van der Waals surface area contributed by atoms with Gasteiger partial charge in [-0.1, -0.05) is 92.7 Å². The maximum Gasteiger partial charge on any atom is 0.252 e. The number of aliphatic hydroxyl groups excluding tert-OH is 1. The third kappa shape index (κ3) is 5.09. The molecule has 9 heteroatoms. The number of aliphatic hydroxyl groups is 2. The number of Topliss-reactive ketones (excluding diaryl/α,β-unsaturated/α-hetero) is 1. The molecule has 3 aromatic rings. The zero-order valence-electron chi connectivity index (χ0n) is 30.5. The molecule has 8 atom stereocenters. The van der Waals surface area contributed by atoms with Crippen molar-refractivity contribution in [2.24, 2.45) is 33.5 Å². The summed E-state index contributed by atoms with van der Waals surface area (Å²) in [5, 5.41) is 25.9. The lowest BCUT2D eigenvalue weighted by Crippen LogP contribution is -2.67. The van der Waals surface area contributed by atoms with E-state index in [9.17, 15) is 18.6 Å². The van der Waals surface area contributed by atoms with Crippen LogP contribution < -0.4 is 0 Å². The number of ketones is 1. The predicted octanol–water partition coefficient (Wildman–Crippen LogP) is 7.92. The van der Waals surface area contributed by atoms with E-state index < -0.39 is 38.0 Å². The Kier molecular flexibility index (Phi) is 8.91. The second kappa shape index (κ2) is 12.8. The molecule has 276 valence electrons. The highest BCUT2D eigenvalue weighted by Crippen LogP contribution is 2.78. The van der Waals surface area contributed by atoms with Crippen LogP contribution in [0.15, 0.2) is 100 Å². The van der Waals surface area contributed by atoms with Gasteiger partial charge in [-0.15, -0.1) is 11.3 Å². The van der Waals surface area contributed by atoms with Crippen LogP contribution in [0.2, 0.25) is 0 Å². The lowest BCUT2D eigenvalue weighted by Gasteiger charge is -2.71. The Morgan fingerprint density at radius 2 is 1.63 bits per heavy atom. The number of nitrogens with zero attached hydrogens (tertiary/aromatic N) is 1. The largest absolute Gasteiger partial charge is 0.393 e. The van der Waals surface area contributed by atoms with E-state index >= 15 is 4.79 Å². The van der Waals surface area contributed by atoms with Crippen LogP contribution in [-0.4, -0.2) is 67.2 Å². The minimum atomic E-state index is -3.85. The molecule has 3 fully saturated rings. The Morgan fingerprint density at radius 1 is 0.923 bits per heavy atom. The van der Waals surface area contributed by atoms with Crippen molar-refractivity contribution in [3.63, 3.8) is 0 Å². The molecule has 0 radical (unpaired) electrons. The Morgan fingerprint density at radius 3 is 2.38 bits per heavy atom. The standard InChI is InChI=1S/C43H51NO6S2/c1-39-19-16-31(45)27-41(39)22-23-43(34(28-41)38(46)33-14-8-7-13-32(33)30-11-5-4-6-12-30)35(39)17-20-40(2)36(43)18-21-42(40,47)29-44(24-10-25-50-3)52(48,49)37-15-9-26-51-37/h4-9,11-15,22-23,26,28,31,35-36,45,47H,10,16-21,24-25,27,29H2,1-3H3/t31?,35-,36-,39-,40+,41+,42-,43-/m1/s1. The van der Waals surface area contributed by atoms with E-state index in [-0.39, 0.29) is 40.3 Å². The maximum absolute atomic E-state index is 15.4. The zero-order chi connectivity index (χ0) is 36.6. The highest BCUT2D eigenvalue weighted by Gasteiger charge is 2.74. The molecule has 7 nitrogen and oxygen atoms in total. The summed E-state index contributed by atoms with van der Waals surface area (Å²) in [5.41, 5.74) is 0.0899. The third-order valence-corrected chi connectivity index (χ3v) is 17.7. The smallest absolute Gasteiger partial charge is 0.252 e. The molecule has 6 aliphatic rings. The van der Waals surface area contributed by atoms with E-state index in [0.29, 0.717) is 37.9 Å². The summed E-state index contributed by atoms with van der Waals surface area (Å²) in [4.78, 5) is 15.4. The van der Waals surface area contributed by atoms with E-state index in [1.54, 1.807) is 24.6 Å². The molecule has 0 aliphatic heterocycles. The van der Waals surface area contributed by atoms with Gasteiger partial charge in [0.2, 0.25) is 0 Å². The lowest BCUT2D eigenvalue weighted by atomic mass is 9.32. The van der Waals surface area contributed by atoms with Gasteiger partial charge in [-0.2, -0.15) is 4.31 Å².